The minimum atomic E-state index is -0.434. The molecule has 3 N–H and O–H groups in total. The van der Waals surface area contributed by atoms with E-state index in [1.54, 1.807) is 6.92 Å². The zero-order chi connectivity index (χ0) is 12.4. The Morgan fingerprint density at radius 1 is 1.35 bits per heavy atom. The van der Waals surface area contributed by atoms with Gasteiger partial charge in [0.2, 0.25) is 5.91 Å². The van der Waals surface area contributed by atoms with Crippen LogP contribution >= 0.6 is 11.3 Å². The van der Waals surface area contributed by atoms with Crippen molar-refractivity contribution in [3.05, 3.63) is 16.0 Å². The molecule has 0 saturated heterocycles. The van der Waals surface area contributed by atoms with Gasteiger partial charge in [-0.1, -0.05) is 6.92 Å². The van der Waals surface area contributed by atoms with Gasteiger partial charge in [-0.15, -0.1) is 11.3 Å². The molecule has 0 fully saturated rings. The number of aryl methyl sites for hydroxylation is 1. The summed E-state index contributed by atoms with van der Waals surface area (Å²) in [7, 11) is 0. The topological polar surface area (TPSA) is 72.2 Å². The number of carbonyl (C=O) groups excluding carboxylic acids is 2. The van der Waals surface area contributed by atoms with E-state index in [0.29, 0.717) is 17.0 Å². The Morgan fingerprint density at radius 3 is 2.71 bits per heavy atom. The summed E-state index contributed by atoms with van der Waals surface area (Å²) >= 11 is 1.50. The van der Waals surface area contributed by atoms with Crippen molar-refractivity contribution in [1.82, 2.24) is 0 Å². The monoisotopic (exact) mass is 252 g/mol. The maximum Gasteiger partial charge on any atom is 0.251 e. The van der Waals surface area contributed by atoms with Gasteiger partial charge in [-0.3, -0.25) is 9.59 Å². The van der Waals surface area contributed by atoms with Gasteiger partial charge in [-0.2, -0.15) is 0 Å². The highest BCUT2D eigenvalue weighted by Gasteiger charge is 2.24. The number of nitrogens with one attached hydrogen (secondary N) is 1. The summed E-state index contributed by atoms with van der Waals surface area (Å²) in [6, 6.07) is 0. The first-order valence-corrected chi connectivity index (χ1v) is 6.69. The fourth-order valence-corrected chi connectivity index (χ4v) is 3.44. The number of fused-ring (bicyclic) bond motifs is 1. The Hall–Kier alpha value is -1.36. The Bertz CT molecular complexity index is 465. The van der Waals surface area contributed by atoms with E-state index in [1.807, 2.05) is 0 Å². The van der Waals surface area contributed by atoms with Crippen LogP contribution in [0.5, 0.6) is 0 Å². The van der Waals surface area contributed by atoms with Gasteiger partial charge in [-0.05, 0) is 31.2 Å². The molecule has 0 unspecified atom stereocenters. The molecule has 1 aliphatic rings. The molecule has 0 atom stereocenters. The van der Waals surface area contributed by atoms with E-state index in [2.05, 4.69) is 5.32 Å². The summed E-state index contributed by atoms with van der Waals surface area (Å²) in [4.78, 5) is 24.1. The molecular weight excluding hydrogens is 236 g/mol. The molecule has 0 bridgehead atoms. The highest BCUT2D eigenvalue weighted by Crippen LogP contribution is 2.37. The number of carbonyl (C=O) groups is 2. The van der Waals surface area contributed by atoms with Crippen molar-refractivity contribution in [2.24, 2.45) is 5.73 Å². The first-order chi connectivity index (χ1) is 8.13. The van der Waals surface area contributed by atoms with Gasteiger partial charge in [0.15, 0.2) is 0 Å². The van der Waals surface area contributed by atoms with Crippen molar-refractivity contribution < 1.29 is 9.59 Å². The van der Waals surface area contributed by atoms with Crippen LogP contribution in [-0.2, 0) is 17.6 Å². The summed E-state index contributed by atoms with van der Waals surface area (Å²) in [5.41, 5.74) is 7.01. The van der Waals surface area contributed by atoms with Crippen LogP contribution < -0.4 is 11.1 Å². The highest BCUT2D eigenvalue weighted by atomic mass is 32.1. The largest absolute Gasteiger partial charge is 0.365 e. The van der Waals surface area contributed by atoms with Crippen LogP contribution in [0.2, 0.25) is 0 Å². The smallest absolute Gasteiger partial charge is 0.251 e. The van der Waals surface area contributed by atoms with Gasteiger partial charge in [0.1, 0.15) is 5.00 Å². The predicted molar refractivity (Wildman–Crippen MR) is 68.4 cm³/mol. The number of anilines is 1. The molecule has 1 aromatic rings. The maximum atomic E-state index is 11.5. The first kappa shape index (κ1) is 12.1. The average Bonchev–Trinajstić information content (AvgIpc) is 2.66. The maximum absolute atomic E-state index is 11.5. The Morgan fingerprint density at radius 2 is 2.06 bits per heavy atom. The zero-order valence-corrected chi connectivity index (χ0v) is 10.7. The quantitative estimate of drug-likeness (QED) is 0.864. The van der Waals surface area contributed by atoms with E-state index < -0.39 is 5.91 Å². The second-order valence-electron chi connectivity index (χ2n) is 4.18. The van der Waals surface area contributed by atoms with Gasteiger partial charge in [0.25, 0.3) is 5.91 Å². The molecule has 0 saturated carbocycles. The van der Waals surface area contributed by atoms with Gasteiger partial charge in [0, 0.05) is 11.3 Å². The van der Waals surface area contributed by atoms with E-state index in [1.165, 1.54) is 16.2 Å². The van der Waals surface area contributed by atoms with Crippen LogP contribution in [0.15, 0.2) is 0 Å². The molecule has 1 aromatic heterocycles. The lowest BCUT2D eigenvalue weighted by Crippen LogP contribution is -2.18. The summed E-state index contributed by atoms with van der Waals surface area (Å²) in [5.74, 6) is -0.512. The van der Waals surface area contributed by atoms with Crippen molar-refractivity contribution in [2.45, 2.75) is 39.0 Å². The van der Waals surface area contributed by atoms with E-state index in [9.17, 15) is 9.59 Å². The molecule has 0 aromatic carbocycles. The van der Waals surface area contributed by atoms with Crippen molar-refractivity contribution in [3.8, 4) is 0 Å². The van der Waals surface area contributed by atoms with Crippen molar-refractivity contribution in [3.63, 3.8) is 0 Å². The molecule has 5 heteroatoms. The molecule has 0 radical (unpaired) electrons. The van der Waals surface area contributed by atoms with E-state index in [0.717, 1.165) is 31.2 Å². The molecule has 2 rings (SSSR count). The van der Waals surface area contributed by atoms with Crippen molar-refractivity contribution >= 4 is 28.2 Å². The minimum absolute atomic E-state index is 0.0777. The van der Waals surface area contributed by atoms with E-state index in [4.69, 9.17) is 5.73 Å². The lowest BCUT2D eigenvalue weighted by molar-refractivity contribution is -0.115. The number of hydrogen-bond donors (Lipinski definition) is 2. The lowest BCUT2D eigenvalue weighted by atomic mass is 9.95. The fraction of sp³-hybridized carbons (Fsp3) is 0.500. The molecule has 0 aliphatic heterocycles. The third-order valence-corrected chi connectivity index (χ3v) is 4.20. The summed E-state index contributed by atoms with van der Waals surface area (Å²) in [6.45, 7) is 1.78. The van der Waals surface area contributed by atoms with Crippen LogP contribution in [0, 0.1) is 0 Å². The van der Waals surface area contributed by atoms with Gasteiger partial charge >= 0.3 is 0 Å². The van der Waals surface area contributed by atoms with Crippen molar-refractivity contribution in [1.29, 1.82) is 0 Å². The predicted octanol–water partition coefficient (Wildman–Crippen LogP) is 2.07. The number of hydrogen-bond acceptors (Lipinski definition) is 3. The van der Waals surface area contributed by atoms with Crippen LogP contribution in [0.3, 0.4) is 0 Å². The van der Waals surface area contributed by atoms with Gasteiger partial charge in [0.05, 0.1) is 5.56 Å². The Labute approximate surface area is 104 Å². The van der Waals surface area contributed by atoms with Crippen LogP contribution in [0.1, 0.15) is 47.0 Å². The number of thiophene rings is 1. The van der Waals surface area contributed by atoms with Crippen LogP contribution in [0.25, 0.3) is 0 Å². The third kappa shape index (κ3) is 2.34. The summed E-state index contributed by atoms with van der Waals surface area (Å²) in [5, 5.41) is 3.41. The number of amides is 2. The van der Waals surface area contributed by atoms with Crippen LogP contribution in [-0.4, -0.2) is 11.8 Å². The number of nitrogens with two attached hydrogens (primary N) is 1. The second kappa shape index (κ2) is 4.87. The highest BCUT2D eigenvalue weighted by molar-refractivity contribution is 7.17. The second-order valence-corrected chi connectivity index (χ2v) is 5.29. The Kier molecular flexibility index (Phi) is 3.47. The fourth-order valence-electron chi connectivity index (χ4n) is 2.13. The van der Waals surface area contributed by atoms with Gasteiger partial charge < -0.3 is 11.1 Å². The van der Waals surface area contributed by atoms with Gasteiger partial charge in [-0.25, -0.2) is 0 Å². The molecule has 92 valence electrons. The molecule has 4 nitrogen and oxygen atoms in total. The SMILES string of the molecule is CCC(=O)Nc1sc2c(c1C(N)=O)CCCC2. The van der Waals surface area contributed by atoms with Crippen molar-refractivity contribution in [2.75, 3.05) is 5.32 Å². The molecule has 0 spiro atoms. The third-order valence-electron chi connectivity index (χ3n) is 2.99. The summed E-state index contributed by atoms with van der Waals surface area (Å²) in [6.07, 6.45) is 4.52. The molecule has 1 aliphatic carbocycles. The summed E-state index contributed by atoms with van der Waals surface area (Å²) < 4.78 is 0. The number of primary amides is 1. The average molecular weight is 252 g/mol. The normalized spacial score (nSPS) is 14.2. The Balaban J connectivity index is 2.40. The number of rotatable bonds is 3. The first-order valence-electron chi connectivity index (χ1n) is 5.87. The molecular formula is C12H16N2O2S. The lowest BCUT2D eigenvalue weighted by Gasteiger charge is -2.11. The molecule has 1 heterocycles. The minimum Gasteiger partial charge on any atom is -0.365 e. The van der Waals surface area contributed by atoms with E-state index >= 15 is 0 Å². The zero-order valence-electron chi connectivity index (χ0n) is 9.84. The van der Waals surface area contributed by atoms with E-state index in [-0.39, 0.29) is 5.91 Å². The molecule has 17 heavy (non-hydrogen) atoms. The molecule has 2 amide bonds. The standard InChI is InChI=1S/C12H16N2O2S/c1-2-9(15)14-12-10(11(13)16)7-5-3-4-6-8(7)17-12/h2-6H2,1H3,(H2,13,16)(H,14,15). The van der Waals surface area contributed by atoms with Crippen LogP contribution in [0.4, 0.5) is 5.00 Å².